The largest absolute Gasteiger partial charge is 0.407 e. The average Bonchev–Trinajstić information content (AvgIpc) is 3.49. The Hall–Kier alpha value is -2.42. The zero-order chi connectivity index (χ0) is 22.0. The van der Waals surface area contributed by atoms with E-state index in [1.165, 1.54) is 15.9 Å². The van der Waals surface area contributed by atoms with Crippen LogP contribution in [-0.4, -0.2) is 14.9 Å². The fourth-order valence-electron chi connectivity index (χ4n) is 5.24. The number of benzene rings is 3. The van der Waals surface area contributed by atoms with Crippen LogP contribution >= 0.6 is 0 Å². The van der Waals surface area contributed by atoms with Crippen LogP contribution < -0.4 is 10.4 Å². The van der Waals surface area contributed by atoms with Gasteiger partial charge in [0.2, 0.25) is 0 Å². The van der Waals surface area contributed by atoms with Crippen molar-refractivity contribution in [3.8, 4) is 0 Å². The molecule has 1 aliphatic rings. The van der Waals surface area contributed by atoms with E-state index in [4.69, 9.17) is 4.43 Å². The number of hydrogen-bond donors (Lipinski definition) is 0. The number of hydrogen-bond acceptors (Lipinski definition) is 1. The first-order valence-electron chi connectivity index (χ1n) is 11.4. The molecule has 0 heterocycles. The van der Waals surface area contributed by atoms with Gasteiger partial charge in [0, 0.05) is 12.0 Å². The van der Waals surface area contributed by atoms with Crippen molar-refractivity contribution in [1.82, 2.24) is 0 Å². The van der Waals surface area contributed by atoms with Crippen molar-refractivity contribution in [1.29, 1.82) is 0 Å². The summed E-state index contributed by atoms with van der Waals surface area (Å²) in [6.45, 7) is 9.96. The molecular weight excluding hydrogens is 392 g/mol. The van der Waals surface area contributed by atoms with Crippen LogP contribution in [0.5, 0.6) is 0 Å². The summed E-state index contributed by atoms with van der Waals surface area (Å²) in [5.41, 5.74) is 1.52. The Morgan fingerprint density at radius 2 is 1.32 bits per heavy atom. The summed E-state index contributed by atoms with van der Waals surface area (Å²) in [6.07, 6.45) is 5.75. The Kier molecular flexibility index (Phi) is 6.05. The van der Waals surface area contributed by atoms with E-state index < -0.39 is 8.32 Å². The molecule has 1 fully saturated rings. The van der Waals surface area contributed by atoms with Crippen molar-refractivity contribution in [3.63, 3.8) is 0 Å². The molecule has 0 aliphatic heterocycles. The highest BCUT2D eigenvalue weighted by atomic mass is 28.4. The lowest BCUT2D eigenvalue weighted by atomic mass is 9.93. The minimum Gasteiger partial charge on any atom is -0.407 e. The van der Waals surface area contributed by atoms with Crippen LogP contribution in [0.3, 0.4) is 0 Å². The van der Waals surface area contributed by atoms with Crippen molar-refractivity contribution in [2.45, 2.75) is 44.6 Å². The summed E-state index contributed by atoms with van der Waals surface area (Å²) in [7, 11) is -2.48. The van der Waals surface area contributed by atoms with Crippen LogP contribution in [0.4, 0.5) is 0 Å². The molecule has 160 valence electrons. The summed E-state index contributed by atoms with van der Waals surface area (Å²) in [5.74, 6) is 0.507. The van der Waals surface area contributed by atoms with Gasteiger partial charge in [0.15, 0.2) is 0 Å². The van der Waals surface area contributed by atoms with Gasteiger partial charge >= 0.3 is 0 Å². The Balaban J connectivity index is 1.72. The molecule has 4 rings (SSSR count). The van der Waals surface area contributed by atoms with Gasteiger partial charge in [-0.2, -0.15) is 0 Å². The Morgan fingerprint density at radius 3 is 1.77 bits per heavy atom. The first-order chi connectivity index (χ1) is 14.9. The van der Waals surface area contributed by atoms with Gasteiger partial charge in [-0.25, -0.2) is 0 Å². The second-order valence-electron chi connectivity index (χ2n) is 9.78. The van der Waals surface area contributed by atoms with Gasteiger partial charge in [0.1, 0.15) is 0 Å². The molecule has 0 spiro atoms. The summed E-state index contributed by atoms with van der Waals surface area (Å²) < 4.78 is 7.22. The fourth-order valence-corrected chi connectivity index (χ4v) is 9.85. The van der Waals surface area contributed by atoms with E-state index in [9.17, 15) is 0 Å². The molecule has 0 N–H and O–H groups in total. The zero-order valence-corrected chi connectivity index (χ0v) is 20.2. The van der Waals surface area contributed by atoms with Crippen molar-refractivity contribution in [3.05, 3.63) is 109 Å². The highest BCUT2D eigenvalue weighted by Crippen LogP contribution is 2.56. The summed E-state index contributed by atoms with van der Waals surface area (Å²) in [4.78, 5) is 0. The molecule has 0 radical (unpaired) electrons. The van der Waals surface area contributed by atoms with Crippen molar-refractivity contribution in [2.75, 3.05) is 6.61 Å². The minimum atomic E-state index is -2.48. The highest BCUT2D eigenvalue weighted by Gasteiger charge is 2.56. The Morgan fingerprint density at radius 1 is 0.839 bits per heavy atom. The molecule has 0 saturated heterocycles. The smallest absolute Gasteiger partial charge is 0.261 e. The number of rotatable bonds is 7. The lowest BCUT2D eigenvalue weighted by Crippen LogP contribution is -2.66. The van der Waals surface area contributed by atoms with Gasteiger partial charge in [-0.3, -0.25) is 0 Å². The lowest BCUT2D eigenvalue weighted by Gasteiger charge is -2.43. The van der Waals surface area contributed by atoms with E-state index in [0.717, 1.165) is 13.0 Å². The fraction of sp³-hybridized carbons (Fsp3) is 0.310. The maximum Gasteiger partial charge on any atom is 0.261 e. The average molecular weight is 427 g/mol. The van der Waals surface area contributed by atoms with E-state index in [0.29, 0.717) is 5.92 Å². The predicted octanol–water partition coefficient (Wildman–Crippen LogP) is 6.10. The van der Waals surface area contributed by atoms with Crippen LogP contribution in [0, 0.1) is 5.92 Å². The van der Waals surface area contributed by atoms with Gasteiger partial charge in [-0.1, -0.05) is 124 Å². The van der Waals surface area contributed by atoms with E-state index in [1.807, 2.05) is 0 Å². The van der Waals surface area contributed by atoms with Crippen molar-refractivity contribution >= 4 is 18.7 Å². The first kappa shape index (κ1) is 21.8. The van der Waals surface area contributed by atoms with Crippen molar-refractivity contribution in [2.24, 2.45) is 5.92 Å². The maximum absolute atomic E-state index is 7.22. The lowest BCUT2D eigenvalue weighted by molar-refractivity contribution is 0.274. The van der Waals surface area contributed by atoms with Gasteiger partial charge in [0.05, 0.1) is 0 Å². The molecule has 1 saturated carbocycles. The Bertz CT molecular complexity index is 965. The third kappa shape index (κ3) is 3.95. The minimum absolute atomic E-state index is 0.0145. The zero-order valence-electron chi connectivity index (χ0n) is 19.2. The van der Waals surface area contributed by atoms with E-state index in [1.54, 1.807) is 0 Å². The maximum atomic E-state index is 7.22. The first-order valence-corrected chi connectivity index (χ1v) is 13.3. The molecule has 0 bridgehead atoms. The molecule has 1 aliphatic carbocycles. The topological polar surface area (TPSA) is 9.23 Å². The van der Waals surface area contributed by atoms with Gasteiger partial charge in [0.25, 0.3) is 8.32 Å². The van der Waals surface area contributed by atoms with E-state index >= 15 is 0 Å². The molecule has 1 nitrogen and oxygen atoms in total. The molecule has 2 atom stereocenters. The predicted molar refractivity (Wildman–Crippen MR) is 135 cm³/mol. The molecule has 2 heteroatoms. The van der Waals surface area contributed by atoms with Gasteiger partial charge in [-0.05, 0) is 40.2 Å². The van der Waals surface area contributed by atoms with E-state index in [2.05, 4.69) is 131 Å². The monoisotopic (exact) mass is 426 g/mol. The van der Waals surface area contributed by atoms with Crippen LogP contribution in [0.25, 0.3) is 0 Å². The molecule has 0 aromatic heterocycles. The number of allylic oxidation sites excluding steroid dienone is 2. The van der Waals surface area contributed by atoms with Crippen LogP contribution in [0.15, 0.2) is 103 Å². The molecule has 0 amide bonds. The molecule has 3 aromatic carbocycles. The van der Waals surface area contributed by atoms with Crippen LogP contribution in [0.1, 0.15) is 39.7 Å². The molecular formula is C29H34OSi. The SMILES string of the molecule is CC=C[C@@]1(c2ccccc2)C[C@H]1CO[Si](c1ccccc1)(c1ccccc1)C(C)(C)C. The Labute approximate surface area is 188 Å². The summed E-state index contributed by atoms with van der Waals surface area (Å²) >= 11 is 0. The van der Waals surface area contributed by atoms with Gasteiger partial charge in [-0.15, -0.1) is 0 Å². The third-order valence-electron chi connectivity index (χ3n) is 6.85. The second kappa shape index (κ2) is 8.61. The van der Waals surface area contributed by atoms with Crippen LogP contribution in [0.2, 0.25) is 5.04 Å². The van der Waals surface area contributed by atoms with E-state index in [-0.39, 0.29) is 10.5 Å². The van der Waals surface area contributed by atoms with Crippen molar-refractivity contribution < 1.29 is 4.43 Å². The second-order valence-corrected chi connectivity index (χ2v) is 14.1. The normalized spacial score (nSPS) is 21.4. The molecule has 3 aromatic rings. The standard InChI is InChI=1S/C29H34OSi/c1-5-21-29(24-15-9-6-10-16-24)22-25(29)23-30-31(28(2,3)4,26-17-11-7-12-18-26)27-19-13-8-14-20-27/h5-21,25H,22-23H2,1-4H3/t25-,29-/m0/s1. The van der Waals surface area contributed by atoms with Gasteiger partial charge < -0.3 is 4.43 Å². The quantitative estimate of drug-likeness (QED) is 0.328. The molecule has 0 unspecified atom stereocenters. The third-order valence-corrected chi connectivity index (χ3v) is 11.9. The highest BCUT2D eigenvalue weighted by molar-refractivity contribution is 6.99. The molecule has 31 heavy (non-hydrogen) atoms. The van der Waals surface area contributed by atoms with Crippen LogP contribution in [-0.2, 0) is 9.84 Å². The summed E-state index contributed by atoms with van der Waals surface area (Å²) in [5, 5.41) is 2.72. The summed E-state index contributed by atoms with van der Waals surface area (Å²) in [6, 6.07) is 32.8.